The van der Waals surface area contributed by atoms with Crippen LogP contribution in [0.5, 0.6) is 0 Å². The van der Waals surface area contributed by atoms with Gasteiger partial charge in [0.1, 0.15) is 11.3 Å². The lowest BCUT2D eigenvalue weighted by atomic mass is 10.2. The summed E-state index contributed by atoms with van der Waals surface area (Å²) in [6.07, 6.45) is 0. The number of rotatable bonds is 0. The Morgan fingerprint density at radius 1 is 0.739 bits per heavy atom. The van der Waals surface area contributed by atoms with Gasteiger partial charge in [0, 0.05) is 29.0 Å². The molecule has 0 radical (unpaired) electrons. The predicted octanol–water partition coefficient (Wildman–Crippen LogP) is 5.84. The molecular weight excluding hydrogens is 282 g/mol. The Balaban J connectivity index is 0.000000136. The van der Waals surface area contributed by atoms with E-state index in [0.29, 0.717) is 0 Å². The van der Waals surface area contributed by atoms with E-state index in [0.717, 1.165) is 11.3 Å². The molecule has 2 aromatic heterocycles. The fourth-order valence-electron chi connectivity index (χ4n) is 2.90. The quantitative estimate of drug-likeness (QED) is 0.399. The second-order valence-electron chi connectivity index (χ2n) is 6.31. The van der Waals surface area contributed by atoms with Crippen LogP contribution in [0.15, 0.2) is 52.9 Å². The molecule has 0 aliphatic carbocycles. The molecule has 0 N–H and O–H groups in total. The fourth-order valence-corrected chi connectivity index (χ4v) is 2.90. The molecule has 0 aliphatic heterocycles. The van der Waals surface area contributed by atoms with Crippen molar-refractivity contribution in [3.63, 3.8) is 0 Å². The van der Waals surface area contributed by atoms with Crippen molar-refractivity contribution >= 4 is 21.9 Å². The van der Waals surface area contributed by atoms with Crippen molar-refractivity contribution in [3.8, 4) is 0 Å². The van der Waals surface area contributed by atoms with Crippen LogP contribution < -0.4 is 0 Å². The van der Waals surface area contributed by atoms with Gasteiger partial charge in [-0.3, -0.25) is 0 Å². The molecule has 0 saturated carbocycles. The molecule has 2 heteroatoms. The van der Waals surface area contributed by atoms with Gasteiger partial charge in [0.15, 0.2) is 0 Å². The van der Waals surface area contributed by atoms with Gasteiger partial charge in [0.05, 0.1) is 0 Å². The highest BCUT2D eigenvalue weighted by Crippen LogP contribution is 2.20. The average molecular weight is 305 g/mol. The van der Waals surface area contributed by atoms with E-state index >= 15 is 0 Å². The lowest BCUT2D eigenvalue weighted by molar-refractivity contribution is 0.578. The van der Waals surface area contributed by atoms with Crippen molar-refractivity contribution in [2.45, 2.75) is 27.7 Å². The Kier molecular flexibility index (Phi) is 3.99. The predicted molar refractivity (Wildman–Crippen MR) is 98.1 cm³/mol. The maximum Gasteiger partial charge on any atom is 0.134 e. The number of benzene rings is 2. The van der Waals surface area contributed by atoms with E-state index in [9.17, 15) is 0 Å². The second-order valence-corrected chi connectivity index (χ2v) is 6.31. The van der Waals surface area contributed by atoms with Crippen LogP contribution in [0.1, 0.15) is 22.6 Å². The van der Waals surface area contributed by atoms with Crippen molar-refractivity contribution in [1.82, 2.24) is 4.57 Å². The van der Waals surface area contributed by atoms with Crippen molar-refractivity contribution in [1.29, 1.82) is 0 Å². The smallest absolute Gasteiger partial charge is 0.134 e. The maximum absolute atomic E-state index is 5.42. The third kappa shape index (κ3) is 3.16. The Hall–Kier alpha value is -2.48. The van der Waals surface area contributed by atoms with Gasteiger partial charge in [-0.05, 0) is 64.1 Å². The zero-order valence-corrected chi connectivity index (χ0v) is 14.5. The van der Waals surface area contributed by atoms with Crippen LogP contribution in [0, 0.1) is 27.7 Å². The van der Waals surface area contributed by atoms with E-state index in [2.05, 4.69) is 74.9 Å². The Morgan fingerprint density at radius 2 is 1.39 bits per heavy atom. The SMILES string of the molecule is Cc1ccc2c(c1)cc(C)n2C.Cc1ccc2oc(C)cc2c1. The Morgan fingerprint density at radius 3 is 2.13 bits per heavy atom. The van der Waals surface area contributed by atoms with Gasteiger partial charge in [-0.1, -0.05) is 23.3 Å². The van der Waals surface area contributed by atoms with Gasteiger partial charge >= 0.3 is 0 Å². The van der Waals surface area contributed by atoms with Crippen LogP contribution in [-0.4, -0.2) is 4.57 Å². The summed E-state index contributed by atoms with van der Waals surface area (Å²) < 4.78 is 7.64. The molecule has 4 aromatic rings. The highest BCUT2D eigenvalue weighted by Gasteiger charge is 2.00. The number of hydrogen-bond donors (Lipinski definition) is 0. The van der Waals surface area contributed by atoms with E-state index in [-0.39, 0.29) is 0 Å². The van der Waals surface area contributed by atoms with E-state index in [4.69, 9.17) is 4.42 Å². The molecule has 2 aromatic carbocycles. The maximum atomic E-state index is 5.42. The molecule has 2 heterocycles. The van der Waals surface area contributed by atoms with Gasteiger partial charge in [0.25, 0.3) is 0 Å². The number of aryl methyl sites for hydroxylation is 5. The first kappa shape index (κ1) is 15.4. The second kappa shape index (κ2) is 5.96. The van der Waals surface area contributed by atoms with Crippen LogP contribution >= 0.6 is 0 Å². The zero-order valence-electron chi connectivity index (χ0n) is 14.5. The van der Waals surface area contributed by atoms with Gasteiger partial charge < -0.3 is 8.98 Å². The summed E-state index contributed by atoms with van der Waals surface area (Å²) in [6, 6.07) is 17.0. The molecular formula is C21H23NO. The zero-order chi connectivity index (χ0) is 16.6. The van der Waals surface area contributed by atoms with Gasteiger partial charge in [-0.15, -0.1) is 0 Å². The minimum Gasteiger partial charge on any atom is -0.461 e. The van der Waals surface area contributed by atoms with E-state index < -0.39 is 0 Å². The Labute approximate surface area is 137 Å². The third-order valence-corrected chi connectivity index (χ3v) is 4.23. The third-order valence-electron chi connectivity index (χ3n) is 4.23. The summed E-state index contributed by atoms with van der Waals surface area (Å²) in [5.41, 5.74) is 6.22. The summed E-state index contributed by atoms with van der Waals surface area (Å²) in [7, 11) is 2.10. The number of furan rings is 1. The minimum absolute atomic E-state index is 0.977. The van der Waals surface area contributed by atoms with Gasteiger partial charge in [-0.2, -0.15) is 0 Å². The summed E-state index contributed by atoms with van der Waals surface area (Å²) >= 11 is 0. The normalized spacial score (nSPS) is 10.8. The largest absolute Gasteiger partial charge is 0.461 e. The first-order chi connectivity index (χ1) is 10.9. The fraction of sp³-hybridized carbons (Fsp3) is 0.238. The van der Waals surface area contributed by atoms with E-state index in [1.54, 1.807) is 0 Å². The molecule has 0 saturated heterocycles. The molecule has 0 aliphatic rings. The average Bonchev–Trinajstić information content (AvgIpc) is 2.98. The van der Waals surface area contributed by atoms with Gasteiger partial charge in [-0.25, -0.2) is 0 Å². The molecule has 0 unspecified atom stereocenters. The molecule has 0 spiro atoms. The molecule has 4 rings (SSSR count). The lowest BCUT2D eigenvalue weighted by Gasteiger charge is -1.98. The summed E-state index contributed by atoms with van der Waals surface area (Å²) in [5.74, 6) is 0.977. The highest BCUT2D eigenvalue weighted by atomic mass is 16.3. The van der Waals surface area contributed by atoms with Crippen molar-refractivity contribution in [3.05, 3.63) is 71.1 Å². The first-order valence-electron chi connectivity index (χ1n) is 7.93. The van der Waals surface area contributed by atoms with Crippen LogP contribution in [0.4, 0.5) is 0 Å². The topological polar surface area (TPSA) is 18.1 Å². The number of nitrogens with zero attached hydrogens (tertiary/aromatic N) is 1. The first-order valence-corrected chi connectivity index (χ1v) is 7.93. The van der Waals surface area contributed by atoms with Crippen molar-refractivity contribution < 1.29 is 4.42 Å². The summed E-state index contributed by atoms with van der Waals surface area (Å²) in [5, 5.41) is 2.54. The van der Waals surface area contributed by atoms with E-state index in [1.807, 2.05) is 13.0 Å². The van der Waals surface area contributed by atoms with Crippen molar-refractivity contribution in [2.75, 3.05) is 0 Å². The van der Waals surface area contributed by atoms with Crippen LogP contribution in [-0.2, 0) is 7.05 Å². The molecule has 2 nitrogen and oxygen atoms in total. The Bertz CT molecular complexity index is 972. The number of fused-ring (bicyclic) bond motifs is 2. The number of hydrogen-bond acceptors (Lipinski definition) is 1. The van der Waals surface area contributed by atoms with Crippen LogP contribution in [0.3, 0.4) is 0 Å². The van der Waals surface area contributed by atoms with Crippen LogP contribution in [0.2, 0.25) is 0 Å². The molecule has 23 heavy (non-hydrogen) atoms. The molecule has 0 atom stereocenters. The summed E-state index contributed by atoms with van der Waals surface area (Å²) in [6.45, 7) is 8.31. The molecule has 0 bridgehead atoms. The highest BCUT2D eigenvalue weighted by molar-refractivity contribution is 5.82. The molecule has 118 valence electrons. The van der Waals surface area contributed by atoms with E-state index in [1.165, 1.54) is 33.1 Å². The number of aromatic nitrogens is 1. The van der Waals surface area contributed by atoms with Crippen LogP contribution in [0.25, 0.3) is 21.9 Å². The summed E-state index contributed by atoms with van der Waals surface area (Å²) in [4.78, 5) is 0. The monoisotopic (exact) mass is 305 g/mol. The standard InChI is InChI=1S/C11H13N.C10H10O/c1-8-4-5-11-10(6-8)7-9(2)12(11)3;1-7-3-4-10-9(5-7)6-8(2)11-10/h4-7H,1-3H3;3-6H,1-2H3. The lowest BCUT2D eigenvalue weighted by Crippen LogP contribution is -1.88. The van der Waals surface area contributed by atoms with Gasteiger partial charge in [0.2, 0.25) is 0 Å². The molecule has 0 fully saturated rings. The minimum atomic E-state index is 0.977. The van der Waals surface area contributed by atoms with Crippen molar-refractivity contribution in [2.24, 2.45) is 7.05 Å². The molecule has 0 amide bonds.